The summed E-state index contributed by atoms with van der Waals surface area (Å²) >= 11 is 0. The van der Waals surface area contributed by atoms with E-state index in [2.05, 4.69) is 0 Å². The normalized spacial score (nSPS) is 25.2. The van der Waals surface area contributed by atoms with Gasteiger partial charge in [0.25, 0.3) is 5.56 Å². The van der Waals surface area contributed by atoms with Crippen molar-refractivity contribution >= 4 is 7.60 Å². The second kappa shape index (κ2) is 7.70. The van der Waals surface area contributed by atoms with Gasteiger partial charge in [-0.3, -0.25) is 18.9 Å². The summed E-state index contributed by atoms with van der Waals surface area (Å²) in [5, 5.41) is 20.5. The lowest BCUT2D eigenvalue weighted by atomic mass is 10.1. The SMILES string of the molecule is O=c1cc(-c2ccc(F)cc2)n([C@@H]2O[C@H](CCP(=O)(O)O)[C@@H](O)[C@H]2O)c(=O)[nH]1. The molecule has 3 rings (SSSR count). The van der Waals surface area contributed by atoms with Gasteiger partial charge in [-0.25, -0.2) is 9.18 Å². The smallest absolute Gasteiger partial charge is 0.331 e. The van der Waals surface area contributed by atoms with Gasteiger partial charge in [-0.15, -0.1) is 0 Å². The summed E-state index contributed by atoms with van der Waals surface area (Å²) in [6.45, 7) is 0. The molecule has 1 aliphatic heterocycles. The van der Waals surface area contributed by atoms with Crippen LogP contribution < -0.4 is 11.2 Å². The molecule has 2 heterocycles. The van der Waals surface area contributed by atoms with Crippen LogP contribution in [-0.4, -0.2) is 54.0 Å². The number of nitrogens with one attached hydrogen (secondary N) is 1. The fourth-order valence-electron chi connectivity index (χ4n) is 3.08. The molecule has 2 aromatic rings. The fourth-order valence-corrected chi connectivity index (χ4v) is 3.67. The van der Waals surface area contributed by atoms with Crippen molar-refractivity contribution in [1.29, 1.82) is 0 Å². The van der Waals surface area contributed by atoms with E-state index in [1.165, 1.54) is 12.1 Å². The Balaban J connectivity index is 2.01. The van der Waals surface area contributed by atoms with Gasteiger partial charge in [0, 0.05) is 6.07 Å². The predicted octanol–water partition coefficient (Wildman–Crippen LogP) is -0.470. The largest absolute Gasteiger partial charge is 0.388 e. The van der Waals surface area contributed by atoms with Gasteiger partial charge >= 0.3 is 13.3 Å². The number of aromatic nitrogens is 2. The van der Waals surface area contributed by atoms with Gasteiger partial charge in [-0.1, -0.05) is 0 Å². The van der Waals surface area contributed by atoms with Crippen LogP contribution in [-0.2, 0) is 9.30 Å². The highest BCUT2D eigenvalue weighted by molar-refractivity contribution is 7.51. The van der Waals surface area contributed by atoms with E-state index in [1.807, 2.05) is 4.98 Å². The number of halogens is 1. The fraction of sp³-hybridized carbons (Fsp3) is 0.375. The number of H-pyrrole nitrogens is 1. The molecular weight excluding hydrogens is 398 g/mol. The molecule has 0 radical (unpaired) electrons. The Kier molecular flexibility index (Phi) is 5.67. The minimum absolute atomic E-state index is 0.0145. The highest BCUT2D eigenvalue weighted by atomic mass is 31.2. The van der Waals surface area contributed by atoms with E-state index in [0.29, 0.717) is 0 Å². The summed E-state index contributed by atoms with van der Waals surface area (Å²) in [4.78, 5) is 44.2. The van der Waals surface area contributed by atoms with Crippen LogP contribution in [0, 0.1) is 5.82 Å². The molecule has 1 aromatic heterocycles. The van der Waals surface area contributed by atoms with Crippen LogP contribution in [0.4, 0.5) is 4.39 Å². The van der Waals surface area contributed by atoms with Gasteiger partial charge in [-0.2, -0.15) is 0 Å². The summed E-state index contributed by atoms with van der Waals surface area (Å²) in [5.74, 6) is -0.535. The number of nitrogens with zero attached hydrogens (tertiary/aromatic N) is 1. The van der Waals surface area contributed by atoms with Gasteiger partial charge in [-0.05, 0) is 36.2 Å². The lowest BCUT2D eigenvalue weighted by molar-refractivity contribution is -0.0394. The van der Waals surface area contributed by atoms with E-state index in [0.717, 1.165) is 22.8 Å². The monoisotopic (exact) mass is 416 g/mol. The Hall–Kier alpha value is -2.14. The van der Waals surface area contributed by atoms with Crippen LogP contribution in [0.1, 0.15) is 12.6 Å². The Labute approximate surface area is 157 Å². The summed E-state index contributed by atoms with van der Waals surface area (Å²) in [6, 6.07) is 5.94. The average Bonchev–Trinajstić information content (AvgIpc) is 2.87. The van der Waals surface area contributed by atoms with Gasteiger partial charge < -0.3 is 24.7 Å². The molecule has 0 spiro atoms. The third-order valence-electron chi connectivity index (χ3n) is 4.41. The molecule has 0 amide bonds. The van der Waals surface area contributed by atoms with Crippen molar-refractivity contribution in [2.75, 3.05) is 6.16 Å². The molecule has 0 unspecified atom stereocenters. The number of benzene rings is 1. The zero-order valence-electron chi connectivity index (χ0n) is 14.3. The van der Waals surface area contributed by atoms with Gasteiger partial charge in [0.05, 0.1) is 18.0 Å². The van der Waals surface area contributed by atoms with Crippen LogP contribution >= 0.6 is 7.60 Å². The number of aliphatic hydroxyl groups excluding tert-OH is 2. The molecule has 12 heteroatoms. The molecule has 1 fully saturated rings. The quantitative estimate of drug-likeness (QED) is 0.409. The molecular formula is C16H18FN2O8P. The molecule has 0 aliphatic carbocycles. The predicted molar refractivity (Wildman–Crippen MR) is 94.2 cm³/mol. The van der Waals surface area contributed by atoms with E-state index < -0.39 is 55.4 Å². The first kappa shape index (κ1) is 20.6. The van der Waals surface area contributed by atoms with Crippen LogP contribution in [0.2, 0.25) is 0 Å². The Morgan fingerprint density at radius 1 is 1.14 bits per heavy atom. The molecule has 0 saturated carbocycles. The van der Waals surface area contributed by atoms with E-state index >= 15 is 0 Å². The summed E-state index contributed by atoms with van der Waals surface area (Å²) in [7, 11) is -4.36. The topological polar surface area (TPSA) is 162 Å². The summed E-state index contributed by atoms with van der Waals surface area (Å²) in [5.41, 5.74) is -1.36. The average molecular weight is 416 g/mol. The zero-order valence-corrected chi connectivity index (χ0v) is 15.2. The molecule has 4 atom stereocenters. The number of hydrogen-bond donors (Lipinski definition) is 5. The van der Waals surface area contributed by atoms with E-state index in [-0.39, 0.29) is 17.7 Å². The maximum atomic E-state index is 13.2. The summed E-state index contributed by atoms with van der Waals surface area (Å²) < 4.78 is 30.7. The Morgan fingerprint density at radius 3 is 2.39 bits per heavy atom. The highest BCUT2D eigenvalue weighted by Gasteiger charge is 2.45. The van der Waals surface area contributed by atoms with E-state index in [4.69, 9.17) is 14.5 Å². The highest BCUT2D eigenvalue weighted by Crippen LogP contribution is 2.39. The van der Waals surface area contributed by atoms with E-state index in [9.17, 15) is 28.8 Å². The first-order valence-electron chi connectivity index (χ1n) is 8.25. The minimum Gasteiger partial charge on any atom is -0.388 e. The van der Waals surface area contributed by atoms with Crippen molar-refractivity contribution in [2.45, 2.75) is 31.0 Å². The molecule has 1 aliphatic rings. The number of ether oxygens (including phenoxy) is 1. The van der Waals surface area contributed by atoms with Gasteiger partial charge in [0.1, 0.15) is 18.0 Å². The number of rotatable bonds is 5. The van der Waals surface area contributed by atoms with Crippen molar-refractivity contribution in [3.63, 3.8) is 0 Å². The first-order chi connectivity index (χ1) is 13.1. The molecule has 0 bridgehead atoms. The van der Waals surface area contributed by atoms with Crippen LogP contribution in [0.15, 0.2) is 39.9 Å². The molecule has 1 aromatic carbocycles. The standard InChI is InChI=1S/C16H18FN2O8P/c17-9-3-1-8(2-4-9)10-7-12(20)18-16(23)19(10)15-14(22)13(21)11(27-15)5-6-28(24,25)26/h1-4,7,11,13-15,21-22H,5-6H2,(H,18,20,23)(H2,24,25,26)/t11-,13-,14-,15-/m1/s1. The van der Waals surface area contributed by atoms with Crippen LogP contribution in [0.5, 0.6) is 0 Å². The van der Waals surface area contributed by atoms with Crippen LogP contribution in [0.25, 0.3) is 11.3 Å². The minimum atomic E-state index is -4.36. The zero-order chi connectivity index (χ0) is 20.6. The van der Waals surface area contributed by atoms with Crippen molar-refractivity contribution in [1.82, 2.24) is 9.55 Å². The number of aromatic amines is 1. The molecule has 152 valence electrons. The van der Waals surface area contributed by atoms with Crippen molar-refractivity contribution in [3.8, 4) is 11.3 Å². The van der Waals surface area contributed by atoms with Crippen molar-refractivity contribution in [3.05, 3.63) is 57.0 Å². The third kappa shape index (κ3) is 4.30. The second-order valence-electron chi connectivity index (χ2n) is 6.42. The molecule has 5 N–H and O–H groups in total. The van der Waals surface area contributed by atoms with Crippen molar-refractivity contribution in [2.24, 2.45) is 0 Å². The number of hydrogen-bond acceptors (Lipinski definition) is 6. The maximum absolute atomic E-state index is 13.2. The maximum Gasteiger partial charge on any atom is 0.331 e. The first-order valence-corrected chi connectivity index (χ1v) is 10.0. The van der Waals surface area contributed by atoms with E-state index in [1.54, 1.807) is 0 Å². The van der Waals surface area contributed by atoms with Crippen molar-refractivity contribution < 1.29 is 33.7 Å². The molecule has 10 nitrogen and oxygen atoms in total. The Morgan fingerprint density at radius 2 is 1.79 bits per heavy atom. The second-order valence-corrected chi connectivity index (χ2v) is 8.20. The lowest BCUT2D eigenvalue weighted by Gasteiger charge is -2.21. The summed E-state index contributed by atoms with van der Waals surface area (Å²) in [6.07, 6.45) is -6.54. The molecule has 1 saturated heterocycles. The third-order valence-corrected chi connectivity index (χ3v) is 5.25. The lowest BCUT2D eigenvalue weighted by Crippen LogP contribution is -2.38. The van der Waals surface area contributed by atoms with Gasteiger partial charge in [0.15, 0.2) is 6.23 Å². The number of aliphatic hydroxyl groups is 2. The van der Waals surface area contributed by atoms with Gasteiger partial charge in [0.2, 0.25) is 0 Å². The molecule has 28 heavy (non-hydrogen) atoms. The Bertz CT molecular complexity index is 1010. The van der Waals surface area contributed by atoms with Crippen LogP contribution in [0.3, 0.4) is 0 Å².